The maximum atomic E-state index is 13.7. The summed E-state index contributed by atoms with van der Waals surface area (Å²) in [6.07, 6.45) is -0.422. The van der Waals surface area contributed by atoms with Gasteiger partial charge in [0.2, 0.25) is 0 Å². The summed E-state index contributed by atoms with van der Waals surface area (Å²) in [5.74, 6) is -0.0652. The van der Waals surface area contributed by atoms with Crippen LogP contribution in [0.5, 0.6) is 5.75 Å². The van der Waals surface area contributed by atoms with Gasteiger partial charge in [-0.15, -0.1) is 0 Å². The quantitative estimate of drug-likeness (QED) is 0.713. The van der Waals surface area contributed by atoms with Gasteiger partial charge in [0.25, 0.3) is 0 Å². The van der Waals surface area contributed by atoms with Gasteiger partial charge in [-0.05, 0) is 38.5 Å². The smallest absolute Gasteiger partial charge is 0.410 e. The molecule has 1 heterocycles. The molecule has 1 atom stereocenters. The second kappa shape index (κ2) is 9.23. The number of halogens is 1. The number of benzene rings is 1. The monoisotopic (exact) mass is 396 g/mol. The molecule has 156 valence electrons. The van der Waals surface area contributed by atoms with Gasteiger partial charge in [-0.25, -0.2) is 14.0 Å². The maximum Gasteiger partial charge on any atom is 0.410 e. The standard InChI is InChI=1S/C20H29FN2O5/c1-20(2,3)28-19(25)23-9-8-22(15(11-21)13-23)12-14-6-7-16(18(24)27-5)17(10-14)26-4/h6-7,10,15H,8-9,11-13H2,1-5H3/t15-/m1/s1. The number of rotatable bonds is 5. The normalized spacial score (nSPS) is 17.9. The second-order valence-electron chi connectivity index (χ2n) is 7.73. The third-order valence-electron chi connectivity index (χ3n) is 4.49. The summed E-state index contributed by atoms with van der Waals surface area (Å²) in [5.41, 5.74) is 0.636. The lowest BCUT2D eigenvalue weighted by atomic mass is 10.1. The van der Waals surface area contributed by atoms with Gasteiger partial charge in [0, 0.05) is 26.2 Å². The molecule has 1 aromatic carbocycles. The van der Waals surface area contributed by atoms with Crippen LogP contribution in [0.15, 0.2) is 18.2 Å². The first-order chi connectivity index (χ1) is 13.2. The Morgan fingerprint density at radius 3 is 2.50 bits per heavy atom. The molecule has 1 amide bonds. The Hall–Kier alpha value is -2.35. The summed E-state index contributed by atoms with van der Waals surface area (Å²) in [6, 6.07) is 4.76. The van der Waals surface area contributed by atoms with Crippen LogP contribution in [-0.2, 0) is 16.0 Å². The predicted octanol–water partition coefficient (Wildman–Crippen LogP) is 2.87. The minimum Gasteiger partial charge on any atom is -0.496 e. The van der Waals surface area contributed by atoms with Crippen LogP contribution < -0.4 is 4.74 Å². The average Bonchev–Trinajstić information content (AvgIpc) is 2.66. The van der Waals surface area contributed by atoms with Crippen molar-refractivity contribution in [2.45, 2.75) is 39.0 Å². The number of ether oxygens (including phenoxy) is 3. The van der Waals surface area contributed by atoms with Crippen molar-refractivity contribution in [3.05, 3.63) is 29.3 Å². The van der Waals surface area contributed by atoms with Gasteiger partial charge in [-0.2, -0.15) is 0 Å². The molecule has 1 saturated heterocycles. The van der Waals surface area contributed by atoms with Crippen LogP contribution in [0.1, 0.15) is 36.7 Å². The first kappa shape index (κ1) is 21.9. The molecule has 0 spiro atoms. The number of esters is 1. The van der Waals surface area contributed by atoms with E-state index in [0.717, 1.165) is 5.56 Å². The molecule has 7 nitrogen and oxygen atoms in total. The lowest BCUT2D eigenvalue weighted by Crippen LogP contribution is -2.55. The van der Waals surface area contributed by atoms with Crippen LogP contribution in [0.3, 0.4) is 0 Å². The third-order valence-corrected chi connectivity index (χ3v) is 4.49. The first-order valence-electron chi connectivity index (χ1n) is 9.21. The van der Waals surface area contributed by atoms with Crippen LogP contribution in [0.4, 0.5) is 9.18 Å². The number of methoxy groups -OCH3 is 2. The van der Waals surface area contributed by atoms with E-state index in [2.05, 4.69) is 0 Å². The predicted molar refractivity (Wildman–Crippen MR) is 102 cm³/mol. The third kappa shape index (κ3) is 5.58. The van der Waals surface area contributed by atoms with Crippen molar-refractivity contribution in [2.24, 2.45) is 0 Å². The zero-order valence-electron chi connectivity index (χ0n) is 17.2. The van der Waals surface area contributed by atoms with Crippen LogP contribution in [0.2, 0.25) is 0 Å². The van der Waals surface area contributed by atoms with Gasteiger partial charge in [0.05, 0.1) is 20.3 Å². The lowest BCUT2D eigenvalue weighted by Gasteiger charge is -2.40. The Bertz CT molecular complexity index is 704. The van der Waals surface area contributed by atoms with Crippen molar-refractivity contribution in [3.8, 4) is 5.75 Å². The van der Waals surface area contributed by atoms with E-state index in [4.69, 9.17) is 14.2 Å². The molecule has 0 radical (unpaired) electrons. The van der Waals surface area contributed by atoms with Gasteiger partial charge in [0.1, 0.15) is 23.6 Å². The van der Waals surface area contributed by atoms with Crippen LogP contribution in [0.25, 0.3) is 0 Å². The van der Waals surface area contributed by atoms with E-state index in [-0.39, 0.29) is 6.54 Å². The van der Waals surface area contributed by atoms with Crippen molar-refractivity contribution in [1.82, 2.24) is 9.80 Å². The van der Waals surface area contributed by atoms with Gasteiger partial charge >= 0.3 is 12.1 Å². The number of hydrogen-bond acceptors (Lipinski definition) is 6. The van der Waals surface area contributed by atoms with Gasteiger partial charge in [-0.3, -0.25) is 4.90 Å². The van der Waals surface area contributed by atoms with E-state index in [1.165, 1.54) is 14.2 Å². The van der Waals surface area contributed by atoms with Crippen molar-refractivity contribution < 1.29 is 28.2 Å². The van der Waals surface area contributed by atoms with Crippen molar-refractivity contribution in [1.29, 1.82) is 0 Å². The topological polar surface area (TPSA) is 68.3 Å². The molecule has 1 aliphatic heterocycles. The van der Waals surface area contributed by atoms with Crippen molar-refractivity contribution >= 4 is 12.1 Å². The van der Waals surface area contributed by atoms with E-state index in [1.807, 2.05) is 4.90 Å². The zero-order chi connectivity index (χ0) is 20.9. The summed E-state index contributed by atoms with van der Waals surface area (Å²) < 4.78 is 29.1. The molecule has 2 rings (SSSR count). The molecule has 0 N–H and O–H groups in total. The second-order valence-corrected chi connectivity index (χ2v) is 7.73. The fourth-order valence-corrected chi connectivity index (χ4v) is 3.09. The van der Waals surface area contributed by atoms with Crippen LogP contribution >= 0.6 is 0 Å². The summed E-state index contributed by atoms with van der Waals surface area (Å²) in [6.45, 7) is 6.57. The van der Waals surface area contributed by atoms with Crippen molar-refractivity contribution in [3.63, 3.8) is 0 Å². The number of alkyl halides is 1. The number of carbonyl (C=O) groups excluding carboxylic acids is 2. The zero-order valence-corrected chi connectivity index (χ0v) is 17.2. The van der Waals surface area contributed by atoms with Crippen LogP contribution in [-0.4, -0.2) is 74.0 Å². The molecule has 0 unspecified atom stereocenters. The molecular weight excluding hydrogens is 367 g/mol. The Morgan fingerprint density at radius 1 is 1.21 bits per heavy atom. The van der Waals surface area contributed by atoms with E-state index >= 15 is 0 Å². The number of hydrogen-bond donors (Lipinski definition) is 0. The molecule has 0 aromatic heterocycles. The average molecular weight is 396 g/mol. The lowest BCUT2D eigenvalue weighted by molar-refractivity contribution is -0.000718. The highest BCUT2D eigenvalue weighted by molar-refractivity contribution is 5.92. The largest absolute Gasteiger partial charge is 0.496 e. The highest BCUT2D eigenvalue weighted by Gasteiger charge is 2.32. The Kier molecular flexibility index (Phi) is 7.23. The summed E-state index contributed by atoms with van der Waals surface area (Å²) in [4.78, 5) is 27.6. The van der Waals surface area contributed by atoms with E-state index in [1.54, 1.807) is 43.9 Å². The highest BCUT2D eigenvalue weighted by Crippen LogP contribution is 2.24. The first-order valence-corrected chi connectivity index (χ1v) is 9.21. The van der Waals surface area contributed by atoms with Gasteiger partial charge < -0.3 is 19.1 Å². The molecule has 8 heteroatoms. The molecule has 0 bridgehead atoms. The van der Waals surface area contributed by atoms with Crippen LogP contribution in [0, 0.1) is 0 Å². The Morgan fingerprint density at radius 2 is 1.93 bits per heavy atom. The minimum absolute atomic E-state index is 0.267. The molecule has 1 aliphatic rings. The molecular formula is C20H29FN2O5. The van der Waals surface area contributed by atoms with E-state index in [9.17, 15) is 14.0 Å². The molecule has 1 fully saturated rings. The molecule has 1 aromatic rings. The molecule has 0 aliphatic carbocycles. The SMILES string of the molecule is COC(=O)c1ccc(CN2CCN(C(=O)OC(C)(C)C)C[C@H]2CF)cc1OC. The van der Waals surface area contributed by atoms with E-state index in [0.29, 0.717) is 30.9 Å². The number of carbonyl (C=O) groups is 2. The number of amides is 1. The number of piperazine rings is 1. The summed E-state index contributed by atoms with van der Waals surface area (Å²) in [5, 5.41) is 0. The highest BCUT2D eigenvalue weighted by atomic mass is 19.1. The maximum absolute atomic E-state index is 13.7. The fourth-order valence-electron chi connectivity index (χ4n) is 3.09. The molecule has 0 saturated carbocycles. The number of nitrogens with zero attached hydrogens (tertiary/aromatic N) is 2. The minimum atomic E-state index is -0.586. The summed E-state index contributed by atoms with van der Waals surface area (Å²) >= 11 is 0. The van der Waals surface area contributed by atoms with Gasteiger partial charge in [-0.1, -0.05) is 6.07 Å². The summed E-state index contributed by atoms with van der Waals surface area (Å²) in [7, 11) is 2.79. The van der Waals surface area contributed by atoms with Crippen molar-refractivity contribution in [2.75, 3.05) is 40.5 Å². The molecule has 28 heavy (non-hydrogen) atoms. The Labute approximate surface area is 165 Å². The van der Waals surface area contributed by atoms with E-state index < -0.39 is 30.4 Å². The Balaban J connectivity index is 2.07. The van der Waals surface area contributed by atoms with Gasteiger partial charge in [0.15, 0.2) is 0 Å². The fraction of sp³-hybridized carbons (Fsp3) is 0.600.